The average molecular weight is 420 g/mol. The number of aryl methyl sites for hydroxylation is 1. The van der Waals surface area contributed by atoms with Crippen LogP contribution in [-0.4, -0.2) is 51.8 Å². The van der Waals surface area contributed by atoms with Crippen molar-refractivity contribution >= 4 is 48.5 Å². The van der Waals surface area contributed by atoms with Gasteiger partial charge in [0.25, 0.3) is 5.91 Å². The van der Waals surface area contributed by atoms with Crippen molar-refractivity contribution in [1.82, 2.24) is 19.7 Å². The first kappa shape index (κ1) is 16.5. The molecule has 0 saturated carbocycles. The second-order valence-electron chi connectivity index (χ2n) is 6.12. The lowest BCUT2D eigenvalue weighted by atomic mass is 10.3. The number of aromatic nitrogens is 3. The molecule has 8 heteroatoms. The van der Waals surface area contributed by atoms with Crippen LogP contribution >= 0.6 is 27.3 Å². The van der Waals surface area contributed by atoms with Crippen LogP contribution in [0.25, 0.3) is 10.2 Å². The SMILES string of the molecule is Cn1ccc(C(=O)N2CCCN(c3nc4ccc(Br)cc4s3)CC2)n1. The Labute approximate surface area is 158 Å². The first-order chi connectivity index (χ1) is 12.1. The highest BCUT2D eigenvalue weighted by Gasteiger charge is 2.23. The number of hydrogen-bond donors (Lipinski definition) is 0. The first-order valence-corrected chi connectivity index (χ1v) is 9.81. The number of thiazole rings is 1. The molecular weight excluding hydrogens is 402 g/mol. The van der Waals surface area contributed by atoms with Crippen molar-refractivity contribution in [3.8, 4) is 0 Å². The molecule has 0 bridgehead atoms. The first-order valence-electron chi connectivity index (χ1n) is 8.20. The molecule has 0 unspecified atom stereocenters. The number of nitrogens with zero attached hydrogens (tertiary/aromatic N) is 5. The molecular formula is C17H18BrN5OS. The molecule has 3 heterocycles. The van der Waals surface area contributed by atoms with Crippen molar-refractivity contribution in [2.24, 2.45) is 7.05 Å². The van der Waals surface area contributed by atoms with Gasteiger partial charge in [-0.15, -0.1) is 0 Å². The summed E-state index contributed by atoms with van der Waals surface area (Å²) < 4.78 is 3.91. The van der Waals surface area contributed by atoms with Crippen LogP contribution in [0.15, 0.2) is 34.9 Å². The summed E-state index contributed by atoms with van der Waals surface area (Å²) in [6.45, 7) is 3.14. The zero-order valence-electron chi connectivity index (χ0n) is 13.9. The summed E-state index contributed by atoms with van der Waals surface area (Å²) in [4.78, 5) is 21.5. The monoisotopic (exact) mass is 419 g/mol. The summed E-state index contributed by atoms with van der Waals surface area (Å²) in [5.74, 6) is 0.00989. The Morgan fingerprint density at radius 2 is 2.08 bits per heavy atom. The van der Waals surface area contributed by atoms with Crippen molar-refractivity contribution in [3.05, 3.63) is 40.6 Å². The summed E-state index contributed by atoms with van der Waals surface area (Å²) in [7, 11) is 1.83. The Bertz CT molecular complexity index is 921. The van der Waals surface area contributed by atoms with Crippen molar-refractivity contribution in [2.75, 3.05) is 31.1 Å². The minimum absolute atomic E-state index is 0.00989. The number of halogens is 1. The Balaban J connectivity index is 1.49. The third kappa shape index (κ3) is 3.41. The van der Waals surface area contributed by atoms with Crippen LogP contribution in [0.2, 0.25) is 0 Å². The summed E-state index contributed by atoms with van der Waals surface area (Å²) in [5.41, 5.74) is 1.54. The fourth-order valence-electron chi connectivity index (χ4n) is 3.02. The van der Waals surface area contributed by atoms with E-state index in [0.29, 0.717) is 12.2 Å². The van der Waals surface area contributed by atoms with Gasteiger partial charge in [-0.3, -0.25) is 9.48 Å². The molecule has 130 valence electrons. The predicted octanol–water partition coefficient (Wildman–Crippen LogP) is 3.14. The van der Waals surface area contributed by atoms with Gasteiger partial charge in [0.05, 0.1) is 10.2 Å². The van der Waals surface area contributed by atoms with Gasteiger partial charge < -0.3 is 9.80 Å². The van der Waals surface area contributed by atoms with E-state index in [1.807, 2.05) is 24.1 Å². The number of fused-ring (bicyclic) bond motifs is 1. The molecule has 2 aromatic heterocycles. The molecule has 0 spiro atoms. The maximum atomic E-state index is 12.6. The van der Waals surface area contributed by atoms with Gasteiger partial charge in [0.1, 0.15) is 5.69 Å². The maximum Gasteiger partial charge on any atom is 0.274 e. The van der Waals surface area contributed by atoms with E-state index < -0.39 is 0 Å². The molecule has 4 rings (SSSR count). The third-order valence-electron chi connectivity index (χ3n) is 4.33. The lowest BCUT2D eigenvalue weighted by molar-refractivity contribution is 0.0760. The van der Waals surface area contributed by atoms with Gasteiger partial charge in [0, 0.05) is 43.9 Å². The summed E-state index contributed by atoms with van der Waals surface area (Å²) in [6.07, 6.45) is 2.73. The van der Waals surface area contributed by atoms with E-state index in [4.69, 9.17) is 4.98 Å². The standard InChI is InChI=1S/C17H18BrN5OS/c1-21-8-5-14(20-21)16(24)22-6-2-7-23(10-9-22)17-19-13-4-3-12(18)11-15(13)25-17/h3-5,8,11H,2,6-7,9-10H2,1H3. The second kappa shape index (κ2) is 6.76. The quantitative estimate of drug-likeness (QED) is 0.639. The van der Waals surface area contributed by atoms with Crippen molar-refractivity contribution in [1.29, 1.82) is 0 Å². The molecule has 1 aromatic carbocycles. The Morgan fingerprint density at radius 1 is 1.20 bits per heavy atom. The Kier molecular flexibility index (Phi) is 4.47. The minimum Gasteiger partial charge on any atom is -0.346 e. The Morgan fingerprint density at radius 3 is 2.88 bits per heavy atom. The normalized spacial score (nSPS) is 15.6. The highest BCUT2D eigenvalue weighted by atomic mass is 79.9. The summed E-state index contributed by atoms with van der Waals surface area (Å²) >= 11 is 5.21. The summed E-state index contributed by atoms with van der Waals surface area (Å²) in [5, 5.41) is 5.26. The zero-order chi connectivity index (χ0) is 17.4. The average Bonchev–Trinajstić information content (AvgIpc) is 3.12. The van der Waals surface area contributed by atoms with E-state index >= 15 is 0 Å². The molecule has 25 heavy (non-hydrogen) atoms. The van der Waals surface area contributed by atoms with Crippen LogP contribution in [0.4, 0.5) is 5.13 Å². The lowest BCUT2D eigenvalue weighted by Crippen LogP contribution is -2.35. The fraction of sp³-hybridized carbons (Fsp3) is 0.353. The molecule has 6 nitrogen and oxygen atoms in total. The van der Waals surface area contributed by atoms with Crippen LogP contribution in [0, 0.1) is 0 Å². The number of rotatable bonds is 2. The molecule has 1 aliphatic rings. The van der Waals surface area contributed by atoms with Crippen LogP contribution in [-0.2, 0) is 7.05 Å². The highest BCUT2D eigenvalue weighted by molar-refractivity contribution is 9.10. The van der Waals surface area contributed by atoms with E-state index in [-0.39, 0.29) is 5.91 Å². The zero-order valence-corrected chi connectivity index (χ0v) is 16.3. The number of carbonyl (C=O) groups excluding carboxylic acids is 1. The van der Waals surface area contributed by atoms with E-state index in [0.717, 1.165) is 41.2 Å². The van der Waals surface area contributed by atoms with Gasteiger partial charge in [0.2, 0.25) is 0 Å². The summed E-state index contributed by atoms with van der Waals surface area (Å²) in [6, 6.07) is 7.93. The number of benzene rings is 1. The van der Waals surface area contributed by atoms with Crippen molar-refractivity contribution in [2.45, 2.75) is 6.42 Å². The van der Waals surface area contributed by atoms with Gasteiger partial charge in [-0.2, -0.15) is 5.10 Å². The Hall–Kier alpha value is -1.93. The van der Waals surface area contributed by atoms with Gasteiger partial charge in [-0.25, -0.2) is 4.98 Å². The van der Waals surface area contributed by atoms with Crippen LogP contribution in [0.3, 0.4) is 0 Å². The largest absolute Gasteiger partial charge is 0.346 e. The van der Waals surface area contributed by atoms with Gasteiger partial charge in [-0.05, 0) is 30.7 Å². The second-order valence-corrected chi connectivity index (χ2v) is 8.04. The highest BCUT2D eigenvalue weighted by Crippen LogP contribution is 2.31. The van der Waals surface area contributed by atoms with Crippen molar-refractivity contribution < 1.29 is 4.79 Å². The van der Waals surface area contributed by atoms with Crippen molar-refractivity contribution in [3.63, 3.8) is 0 Å². The van der Waals surface area contributed by atoms with Gasteiger partial charge in [-0.1, -0.05) is 27.3 Å². The minimum atomic E-state index is 0.00989. The smallest absolute Gasteiger partial charge is 0.274 e. The van der Waals surface area contributed by atoms with E-state index in [1.165, 1.54) is 4.70 Å². The van der Waals surface area contributed by atoms with Crippen LogP contribution in [0.1, 0.15) is 16.9 Å². The molecule has 0 radical (unpaired) electrons. The van der Waals surface area contributed by atoms with Gasteiger partial charge in [0.15, 0.2) is 5.13 Å². The van der Waals surface area contributed by atoms with E-state index in [9.17, 15) is 4.79 Å². The van der Waals surface area contributed by atoms with Crippen LogP contribution in [0.5, 0.6) is 0 Å². The topological polar surface area (TPSA) is 54.3 Å². The number of carbonyl (C=O) groups is 1. The predicted molar refractivity (Wildman–Crippen MR) is 103 cm³/mol. The fourth-order valence-corrected chi connectivity index (χ4v) is 4.59. The molecule has 1 amide bonds. The van der Waals surface area contributed by atoms with Gasteiger partial charge >= 0.3 is 0 Å². The molecule has 0 N–H and O–H groups in total. The molecule has 0 atom stereocenters. The van der Waals surface area contributed by atoms with E-state index in [2.05, 4.69) is 32.0 Å². The lowest BCUT2D eigenvalue weighted by Gasteiger charge is -2.21. The number of amides is 1. The maximum absolute atomic E-state index is 12.6. The van der Waals surface area contributed by atoms with E-state index in [1.54, 1.807) is 28.3 Å². The van der Waals surface area contributed by atoms with Crippen LogP contribution < -0.4 is 4.90 Å². The molecule has 1 saturated heterocycles. The number of anilines is 1. The molecule has 1 fully saturated rings. The molecule has 0 aliphatic carbocycles. The molecule has 1 aliphatic heterocycles. The number of hydrogen-bond acceptors (Lipinski definition) is 5. The molecule has 3 aromatic rings. The third-order valence-corrected chi connectivity index (χ3v) is 5.90.